The smallest absolute Gasteiger partial charge is 0.335 e. The molecule has 396 valence electrons. The predicted molar refractivity (Wildman–Crippen MR) is 275 cm³/mol. The Labute approximate surface area is 417 Å². The fraction of sp³-hybridized carbons (Fsp3) is 0.754. The first kappa shape index (κ1) is 63.4. The van der Waals surface area contributed by atoms with Crippen molar-refractivity contribution in [2.24, 2.45) is 0 Å². The Kier molecular flexibility index (Phi) is 41.9. The van der Waals surface area contributed by atoms with E-state index in [0.717, 1.165) is 135 Å². The van der Waals surface area contributed by atoms with Gasteiger partial charge in [0.15, 0.2) is 24.6 Å². The second-order valence-corrected chi connectivity index (χ2v) is 18.5. The summed E-state index contributed by atoms with van der Waals surface area (Å²) in [6.45, 7) is 5.75. The van der Waals surface area contributed by atoms with Crippen LogP contribution < -0.4 is 0 Å². The standard InChI is InChI=1S/C57H96O12/c1-4-7-10-13-16-19-21-23-24-25-26-28-29-32-34-37-40-43-49(58)65-46-48(67-50(59)44-41-38-36-33-30-27-22-20-17-14-11-8-5-2)47-66-57-55(53(62)52(61)54(69-57)56(63)64)68-51(60)45-42-39-35-31-18-15-12-9-6-3/h7,10-11,14,16,19-20,22-24,48,52-55,57,61-62H,4-6,8-9,12-13,15,17-18,21,25-47H2,1-3H3,(H,63,64)/b10-7-,14-11-,19-16-,22-20-,24-23-. The van der Waals surface area contributed by atoms with Crippen molar-refractivity contribution in [2.75, 3.05) is 13.2 Å². The quantitative estimate of drug-likeness (QED) is 0.0228. The van der Waals surface area contributed by atoms with Crippen LogP contribution in [-0.2, 0) is 42.9 Å². The minimum absolute atomic E-state index is 0.0583. The number of carboxylic acid groups (broad SMARTS) is 1. The highest BCUT2D eigenvalue weighted by molar-refractivity contribution is 5.74. The minimum atomic E-state index is -1.90. The molecule has 12 heteroatoms. The van der Waals surface area contributed by atoms with E-state index in [4.69, 9.17) is 23.7 Å². The molecule has 6 unspecified atom stereocenters. The number of allylic oxidation sites excluding steroid dienone is 10. The summed E-state index contributed by atoms with van der Waals surface area (Å²) in [5, 5.41) is 31.3. The van der Waals surface area contributed by atoms with Crippen LogP contribution in [0.1, 0.15) is 226 Å². The second kappa shape index (κ2) is 45.6. The van der Waals surface area contributed by atoms with E-state index in [2.05, 4.69) is 81.5 Å². The molecule has 6 atom stereocenters. The highest BCUT2D eigenvalue weighted by Gasteiger charge is 2.50. The molecule has 69 heavy (non-hydrogen) atoms. The number of hydrogen-bond acceptors (Lipinski definition) is 11. The van der Waals surface area contributed by atoms with Crippen molar-refractivity contribution in [3.63, 3.8) is 0 Å². The summed E-state index contributed by atoms with van der Waals surface area (Å²) < 4.78 is 28.3. The average Bonchev–Trinajstić information content (AvgIpc) is 3.33. The molecule has 0 spiro atoms. The van der Waals surface area contributed by atoms with Crippen molar-refractivity contribution in [1.82, 2.24) is 0 Å². The molecule has 1 aliphatic rings. The third-order valence-electron chi connectivity index (χ3n) is 12.1. The molecule has 0 amide bonds. The summed E-state index contributed by atoms with van der Waals surface area (Å²) in [6, 6.07) is 0. The largest absolute Gasteiger partial charge is 0.479 e. The number of hydrogen-bond donors (Lipinski definition) is 3. The van der Waals surface area contributed by atoms with Gasteiger partial charge in [-0.1, -0.05) is 191 Å². The Bertz CT molecular complexity index is 1440. The maximum atomic E-state index is 13.1. The Balaban J connectivity index is 2.71. The lowest BCUT2D eigenvalue weighted by Crippen LogP contribution is -2.61. The first-order chi connectivity index (χ1) is 33.6. The molecule has 0 aliphatic carbocycles. The maximum absolute atomic E-state index is 13.1. The topological polar surface area (TPSA) is 175 Å². The Morgan fingerprint density at radius 2 is 0.942 bits per heavy atom. The third-order valence-corrected chi connectivity index (χ3v) is 12.1. The van der Waals surface area contributed by atoms with E-state index in [1.807, 2.05) is 0 Å². The van der Waals surface area contributed by atoms with Gasteiger partial charge in [-0.05, 0) is 77.0 Å². The average molecular weight is 973 g/mol. The molecular weight excluding hydrogens is 877 g/mol. The van der Waals surface area contributed by atoms with Gasteiger partial charge < -0.3 is 39.0 Å². The van der Waals surface area contributed by atoms with Gasteiger partial charge in [0.05, 0.1) is 6.61 Å². The first-order valence-electron chi connectivity index (χ1n) is 27.3. The second-order valence-electron chi connectivity index (χ2n) is 18.5. The van der Waals surface area contributed by atoms with Crippen molar-refractivity contribution in [3.8, 4) is 0 Å². The van der Waals surface area contributed by atoms with E-state index >= 15 is 0 Å². The summed E-state index contributed by atoms with van der Waals surface area (Å²) in [7, 11) is 0. The van der Waals surface area contributed by atoms with Crippen molar-refractivity contribution in [3.05, 3.63) is 60.8 Å². The molecule has 1 rings (SSSR count). The number of carboxylic acids is 1. The van der Waals surface area contributed by atoms with E-state index in [0.29, 0.717) is 19.3 Å². The SMILES string of the molecule is CC/C=C\C/C=C\C/C=C\CCCCCCCCCC(=O)OCC(COC1OC(C(=O)O)C(O)C(O)C1OC(=O)CCCCCCCCCCC)OC(=O)CCCCCCC/C=C\C/C=C\CCC. The summed E-state index contributed by atoms with van der Waals surface area (Å²) >= 11 is 0. The van der Waals surface area contributed by atoms with Crippen molar-refractivity contribution >= 4 is 23.9 Å². The van der Waals surface area contributed by atoms with Gasteiger partial charge in [-0.15, -0.1) is 0 Å². The van der Waals surface area contributed by atoms with Crippen LogP contribution in [0.15, 0.2) is 60.8 Å². The molecule has 0 aromatic carbocycles. The molecule has 1 fully saturated rings. The zero-order valence-electron chi connectivity index (χ0n) is 43.3. The molecule has 1 heterocycles. The van der Waals surface area contributed by atoms with Crippen molar-refractivity contribution in [1.29, 1.82) is 0 Å². The van der Waals surface area contributed by atoms with E-state index < -0.39 is 67.3 Å². The number of aliphatic carboxylic acids is 1. The third kappa shape index (κ3) is 36.1. The number of carbonyl (C=O) groups excluding carboxylic acids is 3. The Morgan fingerprint density at radius 1 is 0.493 bits per heavy atom. The van der Waals surface area contributed by atoms with Crippen LogP contribution in [0.2, 0.25) is 0 Å². The lowest BCUT2D eigenvalue weighted by atomic mass is 9.98. The lowest BCUT2D eigenvalue weighted by Gasteiger charge is -2.40. The number of rotatable bonds is 45. The van der Waals surface area contributed by atoms with Gasteiger partial charge >= 0.3 is 23.9 Å². The Hall–Kier alpha value is -3.58. The van der Waals surface area contributed by atoms with Gasteiger partial charge in [0.2, 0.25) is 0 Å². The molecule has 1 saturated heterocycles. The molecule has 12 nitrogen and oxygen atoms in total. The van der Waals surface area contributed by atoms with E-state index in [-0.39, 0.29) is 25.9 Å². The number of aliphatic hydroxyl groups is 2. The summed E-state index contributed by atoms with van der Waals surface area (Å²) in [6.07, 6.45) is 42.2. The molecule has 0 saturated carbocycles. The van der Waals surface area contributed by atoms with Crippen LogP contribution in [-0.4, -0.2) is 89.2 Å². The number of ether oxygens (including phenoxy) is 5. The summed E-state index contributed by atoms with van der Waals surface area (Å²) in [5.74, 6) is -3.15. The van der Waals surface area contributed by atoms with Crippen molar-refractivity contribution in [2.45, 2.75) is 263 Å². The molecule has 0 bridgehead atoms. The van der Waals surface area contributed by atoms with Crippen LogP contribution in [0.3, 0.4) is 0 Å². The molecule has 3 N–H and O–H groups in total. The minimum Gasteiger partial charge on any atom is -0.479 e. The first-order valence-corrected chi connectivity index (χ1v) is 27.3. The zero-order chi connectivity index (χ0) is 50.4. The fourth-order valence-corrected chi connectivity index (χ4v) is 7.89. The monoisotopic (exact) mass is 973 g/mol. The lowest BCUT2D eigenvalue weighted by molar-refractivity contribution is -0.301. The van der Waals surface area contributed by atoms with Gasteiger partial charge in [-0.2, -0.15) is 0 Å². The van der Waals surface area contributed by atoms with Gasteiger partial charge in [-0.25, -0.2) is 4.79 Å². The van der Waals surface area contributed by atoms with Gasteiger partial charge in [-0.3, -0.25) is 14.4 Å². The van der Waals surface area contributed by atoms with E-state index in [9.17, 15) is 34.5 Å². The van der Waals surface area contributed by atoms with Gasteiger partial charge in [0.1, 0.15) is 18.8 Å². The predicted octanol–water partition coefficient (Wildman–Crippen LogP) is 13.2. The van der Waals surface area contributed by atoms with Gasteiger partial charge in [0, 0.05) is 19.3 Å². The molecular formula is C57H96O12. The Morgan fingerprint density at radius 3 is 1.45 bits per heavy atom. The van der Waals surface area contributed by atoms with Crippen LogP contribution >= 0.6 is 0 Å². The number of esters is 3. The van der Waals surface area contributed by atoms with Crippen LogP contribution in [0.4, 0.5) is 0 Å². The summed E-state index contributed by atoms with van der Waals surface area (Å²) in [5.41, 5.74) is 0. The zero-order valence-corrected chi connectivity index (χ0v) is 43.3. The van der Waals surface area contributed by atoms with Crippen molar-refractivity contribution < 1.29 is 58.2 Å². The maximum Gasteiger partial charge on any atom is 0.335 e. The van der Waals surface area contributed by atoms with Crippen LogP contribution in [0.25, 0.3) is 0 Å². The van der Waals surface area contributed by atoms with Crippen LogP contribution in [0, 0.1) is 0 Å². The fourth-order valence-electron chi connectivity index (χ4n) is 7.89. The number of aliphatic hydroxyl groups excluding tert-OH is 2. The number of carbonyl (C=O) groups is 4. The molecule has 1 aliphatic heterocycles. The molecule has 0 radical (unpaired) electrons. The van der Waals surface area contributed by atoms with E-state index in [1.165, 1.54) is 32.1 Å². The van der Waals surface area contributed by atoms with Gasteiger partial charge in [0.25, 0.3) is 0 Å². The highest BCUT2D eigenvalue weighted by atomic mass is 16.7. The normalized spacial score (nSPS) is 19.1. The van der Waals surface area contributed by atoms with E-state index in [1.54, 1.807) is 0 Å². The summed E-state index contributed by atoms with van der Waals surface area (Å²) in [4.78, 5) is 50.8. The molecule has 0 aromatic heterocycles. The molecule has 0 aromatic rings. The number of unbranched alkanes of at least 4 members (excludes halogenated alkanes) is 21. The van der Waals surface area contributed by atoms with Crippen LogP contribution in [0.5, 0.6) is 0 Å². The highest BCUT2D eigenvalue weighted by Crippen LogP contribution is 2.26.